The summed E-state index contributed by atoms with van der Waals surface area (Å²) in [5.41, 5.74) is 1.01. The summed E-state index contributed by atoms with van der Waals surface area (Å²) in [6, 6.07) is 3.27. The van der Waals surface area contributed by atoms with Crippen LogP contribution in [0.4, 0.5) is 0 Å². The van der Waals surface area contributed by atoms with Crippen molar-refractivity contribution in [2.75, 3.05) is 0 Å². The molecule has 3 heterocycles. The fourth-order valence-corrected chi connectivity index (χ4v) is 4.17. The molecule has 1 amide bonds. The number of fused-ring (bicyclic) bond motifs is 2. The van der Waals surface area contributed by atoms with Crippen molar-refractivity contribution in [3.05, 3.63) is 17.5 Å². The Balaban J connectivity index is 1.44. The number of rotatable bonds is 7. The average Bonchev–Trinajstić information content (AvgIpc) is 3.13. The Labute approximate surface area is 138 Å². The van der Waals surface area contributed by atoms with Gasteiger partial charge in [0, 0.05) is 30.5 Å². The van der Waals surface area contributed by atoms with Crippen molar-refractivity contribution in [1.82, 2.24) is 15.8 Å². The molecule has 0 aromatic carbocycles. The van der Waals surface area contributed by atoms with E-state index in [1.165, 1.54) is 12.8 Å². The van der Waals surface area contributed by atoms with Gasteiger partial charge in [-0.05, 0) is 44.4 Å². The second-order valence-electron chi connectivity index (χ2n) is 7.19. The fourth-order valence-electron chi connectivity index (χ4n) is 4.17. The van der Waals surface area contributed by atoms with Crippen molar-refractivity contribution in [1.29, 1.82) is 0 Å². The van der Waals surface area contributed by atoms with Gasteiger partial charge in [0.2, 0.25) is 5.91 Å². The first-order valence-corrected chi connectivity index (χ1v) is 9.16. The first-order chi connectivity index (χ1) is 11.2. The standard InChI is InChI=1S/C18H29N3O2/c1-3-13(4-2)17-10-16(23-21-17)11-19-18(22)9-12-7-14-5-6-15(8-12)20-14/h10,12-15,20H,3-9,11H2,1-2H3,(H,19,22). The Morgan fingerprint density at radius 2 is 2.04 bits per heavy atom. The van der Waals surface area contributed by atoms with Crippen molar-refractivity contribution in [3.63, 3.8) is 0 Å². The molecule has 0 radical (unpaired) electrons. The van der Waals surface area contributed by atoms with Crippen molar-refractivity contribution in [2.45, 2.75) is 83.3 Å². The van der Waals surface area contributed by atoms with E-state index in [9.17, 15) is 4.79 Å². The van der Waals surface area contributed by atoms with Crippen LogP contribution in [0.15, 0.2) is 10.6 Å². The van der Waals surface area contributed by atoms with Crippen molar-refractivity contribution >= 4 is 5.91 Å². The molecular formula is C18H29N3O2. The molecule has 1 aromatic heterocycles. The highest BCUT2D eigenvalue weighted by molar-refractivity contribution is 5.76. The van der Waals surface area contributed by atoms with Gasteiger partial charge in [0.05, 0.1) is 12.2 Å². The van der Waals surface area contributed by atoms with Crippen LogP contribution in [0.5, 0.6) is 0 Å². The van der Waals surface area contributed by atoms with Crippen molar-refractivity contribution in [2.24, 2.45) is 5.92 Å². The van der Waals surface area contributed by atoms with Crippen LogP contribution in [-0.4, -0.2) is 23.1 Å². The molecule has 128 valence electrons. The van der Waals surface area contributed by atoms with Gasteiger partial charge in [-0.15, -0.1) is 0 Å². The maximum atomic E-state index is 12.2. The van der Waals surface area contributed by atoms with Gasteiger partial charge < -0.3 is 15.2 Å². The van der Waals surface area contributed by atoms with Gasteiger partial charge in [-0.25, -0.2) is 0 Å². The lowest BCUT2D eigenvalue weighted by Gasteiger charge is -2.28. The number of amides is 1. The van der Waals surface area contributed by atoms with Gasteiger partial charge in [-0.2, -0.15) is 0 Å². The second kappa shape index (κ2) is 7.47. The lowest BCUT2D eigenvalue weighted by atomic mass is 9.89. The highest BCUT2D eigenvalue weighted by atomic mass is 16.5. The summed E-state index contributed by atoms with van der Waals surface area (Å²) >= 11 is 0. The van der Waals surface area contributed by atoms with Gasteiger partial charge >= 0.3 is 0 Å². The van der Waals surface area contributed by atoms with E-state index >= 15 is 0 Å². The molecule has 0 spiro atoms. The molecule has 2 aliphatic heterocycles. The largest absolute Gasteiger partial charge is 0.359 e. The highest BCUT2D eigenvalue weighted by Gasteiger charge is 2.34. The topological polar surface area (TPSA) is 67.2 Å². The maximum absolute atomic E-state index is 12.2. The van der Waals surface area contributed by atoms with Crippen molar-refractivity contribution < 1.29 is 9.32 Å². The normalized spacial score (nSPS) is 26.7. The molecule has 2 aliphatic rings. The van der Waals surface area contributed by atoms with Crippen LogP contribution in [-0.2, 0) is 11.3 Å². The highest BCUT2D eigenvalue weighted by Crippen LogP contribution is 2.32. The Morgan fingerprint density at radius 3 is 2.70 bits per heavy atom. The summed E-state index contributed by atoms with van der Waals surface area (Å²) in [4.78, 5) is 12.2. The van der Waals surface area contributed by atoms with E-state index in [1.54, 1.807) is 0 Å². The molecule has 2 bridgehead atoms. The first-order valence-electron chi connectivity index (χ1n) is 9.16. The average molecular weight is 319 g/mol. The number of nitrogens with zero attached hydrogens (tertiary/aromatic N) is 1. The smallest absolute Gasteiger partial charge is 0.220 e. The minimum absolute atomic E-state index is 0.136. The second-order valence-corrected chi connectivity index (χ2v) is 7.19. The molecule has 0 aliphatic carbocycles. The third-order valence-electron chi connectivity index (χ3n) is 5.49. The third kappa shape index (κ3) is 4.14. The summed E-state index contributed by atoms with van der Waals surface area (Å²) in [6.07, 6.45) is 7.61. The third-order valence-corrected chi connectivity index (χ3v) is 5.49. The lowest BCUT2D eigenvalue weighted by molar-refractivity contribution is -0.122. The van der Waals surface area contributed by atoms with E-state index in [-0.39, 0.29) is 5.91 Å². The number of hydrogen-bond donors (Lipinski definition) is 2. The number of aromatic nitrogens is 1. The number of hydrogen-bond acceptors (Lipinski definition) is 4. The monoisotopic (exact) mass is 319 g/mol. The molecule has 5 heteroatoms. The van der Waals surface area contributed by atoms with E-state index in [0.717, 1.165) is 37.1 Å². The zero-order valence-corrected chi connectivity index (χ0v) is 14.3. The lowest BCUT2D eigenvalue weighted by Crippen LogP contribution is -2.39. The van der Waals surface area contributed by atoms with Gasteiger partial charge in [0.1, 0.15) is 0 Å². The van der Waals surface area contributed by atoms with Gasteiger partial charge in [0.15, 0.2) is 5.76 Å². The zero-order valence-electron chi connectivity index (χ0n) is 14.3. The predicted molar refractivity (Wildman–Crippen MR) is 89.0 cm³/mol. The number of carbonyl (C=O) groups excluding carboxylic acids is 1. The summed E-state index contributed by atoms with van der Waals surface area (Å²) in [5.74, 6) is 1.87. The molecular weight excluding hydrogens is 290 g/mol. The van der Waals surface area contributed by atoms with E-state index in [2.05, 4.69) is 29.6 Å². The summed E-state index contributed by atoms with van der Waals surface area (Å²) < 4.78 is 5.36. The Morgan fingerprint density at radius 1 is 1.35 bits per heavy atom. The first kappa shape index (κ1) is 16.5. The Kier molecular flexibility index (Phi) is 5.36. The minimum atomic E-state index is 0.136. The molecule has 23 heavy (non-hydrogen) atoms. The Bertz CT molecular complexity index is 512. The van der Waals surface area contributed by atoms with Gasteiger partial charge in [-0.1, -0.05) is 19.0 Å². The number of piperidine rings is 1. The van der Waals surface area contributed by atoms with Crippen LogP contribution in [0.2, 0.25) is 0 Å². The summed E-state index contributed by atoms with van der Waals surface area (Å²) in [6.45, 7) is 4.77. The molecule has 3 rings (SSSR count). The van der Waals surface area contributed by atoms with Gasteiger partial charge in [0.25, 0.3) is 0 Å². The molecule has 2 atom stereocenters. The van der Waals surface area contributed by atoms with Crippen LogP contribution in [0, 0.1) is 5.92 Å². The summed E-state index contributed by atoms with van der Waals surface area (Å²) in [5, 5.41) is 10.8. The SMILES string of the molecule is CCC(CC)c1cc(CNC(=O)CC2CC3CCC(C2)N3)on1. The fraction of sp³-hybridized carbons (Fsp3) is 0.778. The van der Waals surface area contributed by atoms with Crippen LogP contribution in [0.25, 0.3) is 0 Å². The molecule has 1 aromatic rings. The van der Waals surface area contributed by atoms with Crippen LogP contribution in [0.3, 0.4) is 0 Å². The molecule has 2 fully saturated rings. The van der Waals surface area contributed by atoms with E-state index < -0.39 is 0 Å². The minimum Gasteiger partial charge on any atom is -0.359 e. The van der Waals surface area contributed by atoms with Gasteiger partial charge in [-0.3, -0.25) is 4.79 Å². The summed E-state index contributed by atoms with van der Waals surface area (Å²) in [7, 11) is 0. The van der Waals surface area contributed by atoms with E-state index in [0.29, 0.717) is 36.9 Å². The molecule has 2 saturated heterocycles. The number of carbonyl (C=O) groups is 1. The van der Waals surface area contributed by atoms with E-state index in [4.69, 9.17) is 4.52 Å². The van der Waals surface area contributed by atoms with Crippen LogP contribution >= 0.6 is 0 Å². The van der Waals surface area contributed by atoms with Crippen LogP contribution < -0.4 is 10.6 Å². The maximum Gasteiger partial charge on any atom is 0.220 e. The number of nitrogens with one attached hydrogen (secondary N) is 2. The van der Waals surface area contributed by atoms with E-state index in [1.807, 2.05) is 6.07 Å². The zero-order chi connectivity index (χ0) is 16.2. The Hall–Kier alpha value is -1.36. The predicted octanol–water partition coefficient (Wildman–Crippen LogP) is 3.12. The molecule has 0 saturated carbocycles. The van der Waals surface area contributed by atoms with Crippen LogP contribution in [0.1, 0.15) is 76.2 Å². The molecule has 2 N–H and O–H groups in total. The van der Waals surface area contributed by atoms with Crippen molar-refractivity contribution in [3.8, 4) is 0 Å². The quantitative estimate of drug-likeness (QED) is 0.810. The molecule has 5 nitrogen and oxygen atoms in total. The molecule has 2 unspecified atom stereocenters.